The average molecular weight is 171 g/mol. The quantitative estimate of drug-likeness (QED) is 0.672. The number of hydrogen-bond acceptors (Lipinski definition) is 2. The van der Waals surface area contributed by atoms with Gasteiger partial charge >= 0.3 is 0 Å². The predicted octanol–water partition coefficient (Wildman–Crippen LogP) is 1.54. The molecule has 0 radical (unpaired) electrons. The van der Waals surface area contributed by atoms with Gasteiger partial charge in [0.25, 0.3) is 0 Å². The number of aliphatic hydroxyl groups excluding tert-OH is 1. The van der Waals surface area contributed by atoms with Crippen molar-refractivity contribution in [1.29, 1.82) is 0 Å². The Labute approximate surface area is 75.4 Å². The van der Waals surface area contributed by atoms with Crippen molar-refractivity contribution in [2.75, 3.05) is 6.54 Å². The Balaban J connectivity index is 2.29. The minimum atomic E-state index is -0.132. The van der Waals surface area contributed by atoms with Crippen molar-refractivity contribution in [3.05, 3.63) is 0 Å². The Morgan fingerprint density at radius 2 is 2.33 bits per heavy atom. The third kappa shape index (κ3) is 2.46. The van der Waals surface area contributed by atoms with Crippen LogP contribution < -0.4 is 5.32 Å². The molecule has 0 saturated carbocycles. The lowest BCUT2D eigenvalue weighted by molar-refractivity contribution is 0.0785. The first-order valence-electron chi connectivity index (χ1n) is 5.17. The summed E-state index contributed by atoms with van der Waals surface area (Å²) in [7, 11) is 0. The molecule has 3 atom stereocenters. The molecule has 2 N–H and O–H groups in total. The molecule has 2 heteroatoms. The summed E-state index contributed by atoms with van der Waals surface area (Å²) in [5.41, 5.74) is 0. The molecule has 72 valence electrons. The van der Waals surface area contributed by atoms with Crippen LogP contribution in [0.15, 0.2) is 0 Å². The van der Waals surface area contributed by atoms with Crippen LogP contribution in [0.3, 0.4) is 0 Å². The van der Waals surface area contributed by atoms with Crippen LogP contribution in [0.1, 0.15) is 39.5 Å². The summed E-state index contributed by atoms with van der Waals surface area (Å²) in [4.78, 5) is 0. The fraction of sp³-hybridized carbons (Fsp3) is 1.00. The maximum absolute atomic E-state index is 9.89. The predicted molar refractivity (Wildman–Crippen MR) is 51.1 cm³/mol. The number of aliphatic hydroxyl groups is 1. The van der Waals surface area contributed by atoms with Crippen molar-refractivity contribution < 1.29 is 5.11 Å². The van der Waals surface area contributed by atoms with Gasteiger partial charge in [0.05, 0.1) is 6.10 Å². The van der Waals surface area contributed by atoms with E-state index in [2.05, 4.69) is 19.2 Å². The maximum Gasteiger partial charge on any atom is 0.0718 e. The summed E-state index contributed by atoms with van der Waals surface area (Å²) in [5.74, 6) is 0.450. The monoisotopic (exact) mass is 171 g/mol. The van der Waals surface area contributed by atoms with Crippen molar-refractivity contribution in [1.82, 2.24) is 5.32 Å². The molecule has 0 amide bonds. The molecule has 1 fully saturated rings. The van der Waals surface area contributed by atoms with Gasteiger partial charge in [-0.1, -0.05) is 20.3 Å². The molecule has 1 rings (SSSR count). The Morgan fingerprint density at radius 3 is 2.83 bits per heavy atom. The van der Waals surface area contributed by atoms with Crippen molar-refractivity contribution >= 4 is 0 Å². The Bertz CT molecular complexity index is 121. The van der Waals surface area contributed by atoms with Crippen LogP contribution in [0.25, 0.3) is 0 Å². The Hall–Kier alpha value is -0.0800. The number of rotatable bonds is 4. The molecule has 2 nitrogen and oxygen atoms in total. The fourth-order valence-electron chi connectivity index (χ4n) is 2.03. The minimum Gasteiger partial charge on any atom is -0.391 e. The van der Waals surface area contributed by atoms with Gasteiger partial charge in [0.2, 0.25) is 0 Å². The van der Waals surface area contributed by atoms with E-state index < -0.39 is 0 Å². The van der Waals surface area contributed by atoms with Crippen molar-refractivity contribution in [2.45, 2.75) is 51.7 Å². The molecule has 0 aliphatic carbocycles. The van der Waals surface area contributed by atoms with Gasteiger partial charge < -0.3 is 10.4 Å². The van der Waals surface area contributed by atoms with Crippen molar-refractivity contribution in [2.24, 2.45) is 5.92 Å². The summed E-state index contributed by atoms with van der Waals surface area (Å²) in [5, 5.41) is 13.2. The van der Waals surface area contributed by atoms with E-state index in [0.717, 1.165) is 19.4 Å². The second kappa shape index (κ2) is 4.83. The summed E-state index contributed by atoms with van der Waals surface area (Å²) in [6.45, 7) is 5.40. The van der Waals surface area contributed by atoms with E-state index in [1.165, 1.54) is 12.8 Å². The number of hydrogen-bond donors (Lipinski definition) is 2. The van der Waals surface area contributed by atoms with Gasteiger partial charge in [0.15, 0.2) is 0 Å². The molecular weight excluding hydrogens is 150 g/mol. The fourth-order valence-corrected chi connectivity index (χ4v) is 2.03. The zero-order valence-corrected chi connectivity index (χ0v) is 8.21. The van der Waals surface area contributed by atoms with Crippen LogP contribution in [0.2, 0.25) is 0 Å². The molecule has 1 unspecified atom stereocenters. The minimum absolute atomic E-state index is 0.132. The molecule has 1 aliphatic rings. The van der Waals surface area contributed by atoms with Crippen LogP contribution in [0, 0.1) is 5.92 Å². The topological polar surface area (TPSA) is 32.3 Å². The van der Waals surface area contributed by atoms with E-state index >= 15 is 0 Å². The molecule has 0 aromatic rings. The van der Waals surface area contributed by atoms with Gasteiger partial charge in [-0.25, -0.2) is 0 Å². The first-order chi connectivity index (χ1) is 5.75. The van der Waals surface area contributed by atoms with E-state index in [0.29, 0.717) is 12.0 Å². The Kier molecular flexibility index (Phi) is 4.02. The van der Waals surface area contributed by atoms with Crippen LogP contribution in [0.5, 0.6) is 0 Å². The Morgan fingerprint density at radius 1 is 1.58 bits per heavy atom. The smallest absolute Gasteiger partial charge is 0.0718 e. The lowest BCUT2D eigenvalue weighted by Gasteiger charge is -2.24. The van der Waals surface area contributed by atoms with E-state index in [1.54, 1.807) is 0 Å². The molecule has 12 heavy (non-hydrogen) atoms. The zero-order chi connectivity index (χ0) is 8.97. The standard InChI is InChI=1S/C10H21NO/c1-3-5-8(2)10(12)9-6-4-7-11-9/h8-12H,3-7H2,1-2H3/t8?,9-,10+/m0/s1. The molecule has 1 saturated heterocycles. The maximum atomic E-state index is 9.89. The van der Waals surface area contributed by atoms with Crippen LogP contribution in [-0.2, 0) is 0 Å². The van der Waals surface area contributed by atoms with E-state index in [1.807, 2.05) is 0 Å². The lowest BCUT2D eigenvalue weighted by atomic mass is 9.93. The first kappa shape index (κ1) is 10.0. The van der Waals surface area contributed by atoms with E-state index in [9.17, 15) is 5.11 Å². The molecule has 1 aliphatic heterocycles. The molecular formula is C10H21NO. The van der Waals surface area contributed by atoms with Crippen molar-refractivity contribution in [3.8, 4) is 0 Å². The lowest BCUT2D eigenvalue weighted by Crippen LogP contribution is -2.38. The van der Waals surface area contributed by atoms with Gasteiger partial charge in [-0.15, -0.1) is 0 Å². The summed E-state index contributed by atoms with van der Waals surface area (Å²) in [6.07, 6.45) is 4.55. The summed E-state index contributed by atoms with van der Waals surface area (Å²) < 4.78 is 0. The van der Waals surface area contributed by atoms with E-state index in [-0.39, 0.29) is 6.10 Å². The highest BCUT2D eigenvalue weighted by Crippen LogP contribution is 2.18. The van der Waals surface area contributed by atoms with Crippen LogP contribution >= 0.6 is 0 Å². The third-order valence-corrected chi connectivity index (χ3v) is 2.84. The molecule has 0 spiro atoms. The second-order valence-electron chi connectivity index (χ2n) is 3.96. The second-order valence-corrected chi connectivity index (χ2v) is 3.96. The highest BCUT2D eigenvalue weighted by atomic mass is 16.3. The molecule has 0 aromatic carbocycles. The third-order valence-electron chi connectivity index (χ3n) is 2.84. The molecule has 0 aromatic heterocycles. The van der Waals surface area contributed by atoms with Crippen LogP contribution in [-0.4, -0.2) is 23.8 Å². The van der Waals surface area contributed by atoms with Gasteiger partial charge in [-0.05, 0) is 31.7 Å². The SMILES string of the molecule is CCCC(C)[C@@H](O)[C@@H]1CCCN1. The summed E-state index contributed by atoms with van der Waals surface area (Å²) >= 11 is 0. The highest BCUT2D eigenvalue weighted by Gasteiger charge is 2.26. The zero-order valence-electron chi connectivity index (χ0n) is 8.21. The van der Waals surface area contributed by atoms with E-state index in [4.69, 9.17) is 0 Å². The first-order valence-corrected chi connectivity index (χ1v) is 5.17. The average Bonchev–Trinajstić information content (AvgIpc) is 2.55. The largest absolute Gasteiger partial charge is 0.391 e. The van der Waals surface area contributed by atoms with Gasteiger partial charge in [-0.2, -0.15) is 0 Å². The highest BCUT2D eigenvalue weighted by molar-refractivity contribution is 4.83. The normalized spacial score (nSPS) is 28.8. The molecule has 0 bridgehead atoms. The molecule has 1 heterocycles. The van der Waals surface area contributed by atoms with Crippen molar-refractivity contribution in [3.63, 3.8) is 0 Å². The van der Waals surface area contributed by atoms with Gasteiger partial charge in [-0.3, -0.25) is 0 Å². The number of nitrogens with one attached hydrogen (secondary N) is 1. The van der Waals surface area contributed by atoms with Gasteiger partial charge in [0.1, 0.15) is 0 Å². The van der Waals surface area contributed by atoms with Crippen LogP contribution in [0.4, 0.5) is 0 Å². The van der Waals surface area contributed by atoms with Gasteiger partial charge in [0, 0.05) is 6.04 Å². The summed E-state index contributed by atoms with van der Waals surface area (Å²) in [6, 6.07) is 0.367.